The summed E-state index contributed by atoms with van der Waals surface area (Å²) in [6, 6.07) is 4.64. The number of hydrogen-bond acceptors (Lipinski definition) is 3. The molecule has 0 bridgehead atoms. The first-order valence-corrected chi connectivity index (χ1v) is 7.89. The van der Waals surface area contributed by atoms with Crippen molar-refractivity contribution in [1.29, 1.82) is 0 Å². The molecule has 3 rings (SSSR count). The van der Waals surface area contributed by atoms with Crippen molar-refractivity contribution in [2.24, 2.45) is 7.05 Å². The van der Waals surface area contributed by atoms with Crippen molar-refractivity contribution < 1.29 is 9.53 Å². The number of rotatable bonds is 6. The highest BCUT2D eigenvalue weighted by Crippen LogP contribution is 2.30. The lowest BCUT2D eigenvalue weighted by molar-refractivity contribution is -0.116. The van der Waals surface area contributed by atoms with Crippen LogP contribution in [0.5, 0.6) is 0 Å². The summed E-state index contributed by atoms with van der Waals surface area (Å²) in [7, 11) is 3.84. The number of aromatic nitrogens is 1. The first-order chi connectivity index (χ1) is 10.6. The number of Topliss-reactive ketones (excluding diaryl/α,β-unsaturated/α-hetero) is 1. The Balaban J connectivity index is 1.88. The van der Waals surface area contributed by atoms with Gasteiger partial charge in [0.25, 0.3) is 0 Å². The minimum absolute atomic E-state index is 0.254. The maximum Gasteiger partial charge on any atom is 0.130 e. The number of ketones is 1. The summed E-state index contributed by atoms with van der Waals surface area (Å²) in [6.45, 7) is 5.41. The fourth-order valence-electron chi connectivity index (χ4n) is 3.32. The SMILES string of the molecule is COCCN1Cc2cc3c(CCC(C)=O)cn(C)c3cc2C1. The summed E-state index contributed by atoms with van der Waals surface area (Å²) in [5.74, 6) is 0.254. The highest BCUT2D eigenvalue weighted by atomic mass is 16.5. The number of carbonyl (C=O) groups is 1. The van der Waals surface area contributed by atoms with Gasteiger partial charge in [0.1, 0.15) is 5.78 Å². The minimum atomic E-state index is 0.254. The summed E-state index contributed by atoms with van der Waals surface area (Å²) in [4.78, 5) is 13.7. The van der Waals surface area contributed by atoms with Gasteiger partial charge in [-0.2, -0.15) is 0 Å². The standard InChI is InChI=1S/C18H24N2O2/c1-13(21)4-5-14-10-19(2)18-9-16-12-20(6-7-22-3)11-15(16)8-17(14)18/h8-10H,4-7,11-12H2,1-3H3. The van der Waals surface area contributed by atoms with E-state index in [1.54, 1.807) is 14.0 Å². The molecule has 0 aliphatic carbocycles. The van der Waals surface area contributed by atoms with Crippen LogP contribution in [0.2, 0.25) is 0 Å². The molecule has 1 aromatic carbocycles. The maximum atomic E-state index is 11.3. The molecule has 0 N–H and O–H groups in total. The van der Waals surface area contributed by atoms with E-state index in [4.69, 9.17) is 4.74 Å². The van der Waals surface area contributed by atoms with Gasteiger partial charge in [0.15, 0.2) is 0 Å². The first-order valence-electron chi connectivity index (χ1n) is 7.89. The van der Waals surface area contributed by atoms with E-state index in [2.05, 4.69) is 34.8 Å². The molecule has 4 nitrogen and oxygen atoms in total. The van der Waals surface area contributed by atoms with Crippen molar-refractivity contribution in [1.82, 2.24) is 9.47 Å². The lowest BCUT2D eigenvalue weighted by Gasteiger charge is -2.13. The molecule has 0 saturated heterocycles. The third-order valence-electron chi connectivity index (χ3n) is 4.54. The zero-order valence-electron chi connectivity index (χ0n) is 13.7. The van der Waals surface area contributed by atoms with Gasteiger partial charge < -0.3 is 14.1 Å². The topological polar surface area (TPSA) is 34.5 Å². The molecule has 0 unspecified atom stereocenters. The van der Waals surface area contributed by atoms with Crippen molar-refractivity contribution in [3.8, 4) is 0 Å². The molecule has 2 heterocycles. The van der Waals surface area contributed by atoms with E-state index in [-0.39, 0.29) is 5.78 Å². The second-order valence-electron chi connectivity index (χ2n) is 6.31. The Bertz CT molecular complexity index is 703. The predicted octanol–water partition coefficient (Wildman–Crippen LogP) is 2.66. The van der Waals surface area contributed by atoms with Crippen LogP contribution in [0, 0.1) is 0 Å². The smallest absolute Gasteiger partial charge is 0.130 e. The molecule has 22 heavy (non-hydrogen) atoms. The minimum Gasteiger partial charge on any atom is -0.383 e. The van der Waals surface area contributed by atoms with Gasteiger partial charge in [-0.3, -0.25) is 4.90 Å². The Hall–Kier alpha value is -1.65. The van der Waals surface area contributed by atoms with Crippen molar-refractivity contribution in [3.05, 3.63) is 35.0 Å². The van der Waals surface area contributed by atoms with Gasteiger partial charge in [-0.1, -0.05) is 0 Å². The highest BCUT2D eigenvalue weighted by molar-refractivity contribution is 5.86. The van der Waals surface area contributed by atoms with Crippen LogP contribution in [-0.2, 0) is 36.1 Å². The fourth-order valence-corrected chi connectivity index (χ4v) is 3.32. The van der Waals surface area contributed by atoms with E-state index in [9.17, 15) is 4.79 Å². The van der Waals surface area contributed by atoms with Crippen LogP contribution < -0.4 is 0 Å². The Morgan fingerprint density at radius 3 is 2.68 bits per heavy atom. The average Bonchev–Trinajstić information content (AvgIpc) is 3.01. The highest BCUT2D eigenvalue weighted by Gasteiger charge is 2.20. The van der Waals surface area contributed by atoms with Gasteiger partial charge in [0.05, 0.1) is 6.61 Å². The summed E-state index contributed by atoms with van der Waals surface area (Å²) in [5, 5.41) is 1.30. The van der Waals surface area contributed by atoms with Crippen LogP contribution in [-0.4, -0.2) is 35.5 Å². The van der Waals surface area contributed by atoms with E-state index in [1.807, 2.05) is 0 Å². The fraction of sp³-hybridized carbons (Fsp3) is 0.500. The zero-order chi connectivity index (χ0) is 15.7. The number of hydrogen-bond donors (Lipinski definition) is 0. The van der Waals surface area contributed by atoms with E-state index >= 15 is 0 Å². The summed E-state index contributed by atoms with van der Waals surface area (Å²) < 4.78 is 7.36. The number of carbonyl (C=O) groups excluding carboxylic acids is 1. The molecule has 1 aliphatic rings. The third-order valence-corrected chi connectivity index (χ3v) is 4.54. The number of ether oxygens (including phenoxy) is 1. The Morgan fingerprint density at radius 1 is 1.27 bits per heavy atom. The van der Waals surface area contributed by atoms with Gasteiger partial charge in [-0.15, -0.1) is 0 Å². The molecule has 1 aromatic heterocycles. The second-order valence-corrected chi connectivity index (χ2v) is 6.31. The van der Waals surface area contributed by atoms with Gasteiger partial charge in [-0.05, 0) is 42.2 Å². The summed E-state index contributed by atoms with van der Waals surface area (Å²) in [5.41, 5.74) is 5.39. The van der Waals surface area contributed by atoms with Crippen LogP contribution in [0.25, 0.3) is 10.9 Å². The van der Waals surface area contributed by atoms with Gasteiger partial charge in [-0.25, -0.2) is 0 Å². The van der Waals surface area contributed by atoms with Crippen LogP contribution in [0.4, 0.5) is 0 Å². The van der Waals surface area contributed by atoms with Crippen molar-refractivity contribution in [2.45, 2.75) is 32.9 Å². The molecule has 2 aromatic rings. The Morgan fingerprint density at radius 2 is 2.00 bits per heavy atom. The second kappa shape index (κ2) is 6.23. The Labute approximate surface area is 131 Å². The predicted molar refractivity (Wildman–Crippen MR) is 87.9 cm³/mol. The molecule has 0 spiro atoms. The van der Waals surface area contributed by atoms with Crippen LogP contribution in [0.1, 0.15) is 30.0 Å². The average molecular weight is 300 g/mol. The molecule has 1 aliphatic heterocycles. The summed E-state index contributed by atoms with van der Waals surface area (Å²) in [6.07, 6.45) is 3.63. The van der Waals surface area contributed by atoms with E-state index in [1.165, 1.54) is 27.6 Å². The normalized spacial score (nSPS) is 14.7. The molecule has 0 atom stereocenters. The maximum absolute atomic E-state index is 11.3. The number of nitrogens with zero attached hydrogens (tertiary/aromatic N) is 2. The van der Waals surface area contributed by atoms with Gasteiger partial charge in [0.2, 0.25) is 0 Å². The van der Waals surface area contributed by atoms with Crippen molar-refractivity contribution in [2.75, 3.05) is 20.3 Å². The molecule has 0 saturated carbocycles. The lowest BCUT2D eigenvalue weighted by atomic mass is 10.0. The number of methoxy groups -OCH3 is 1. The monoisotopic (exact) mass is 300 g/mol. The quantitative estimate of drug-likeness (QED) is 0.822. The van der Waals surface area contributed by atoms with Crippen molar-refractivity contribution >= 4 is 16.7 Å². The van der Waals surface area contributed by atoms with Gasteiger partial charge in [0, 0.05) is 57.3 Å². The molecule has 0 amide bonds. The van der Waals surface area contributed by atoms with Crippen LogP contribution in [0.15, 0.2) is 18.3 Å². The molecule has 0 fully saturated rings. The van der Waals surface area contributed by atoms with Crippen LogP contribution >= 0.6 is 0 Å². The first kappa shape index (κ1) is 15.3. The van der Waals surface area contributed by atoms with E-state index in [0.717, 1.165) is 32.7 Å². The third kappa shape index (κ3) is 2.94. The number of fused-ring (bicyclic) bond motifs is 2. The zero-order valence-corrected chi connectivity index (χ0v) is 13.7. The lowest BCUT2D eigenvalue weighted by Crippen LogP contribution is -2.21. The van der Waals surface area contributed by atoms with E-state index < -0.39 is 0 Å². The Kier molecular flexibility index (Phi) is 4.32. The molecule has 4 heteroatoms. The molecular formula is C18H24N2O2. The summed E-state index contributed by atoms with van der Waals surface area (Å²) >= 11 is 0. The molecule has 118 valence electrons. The molecular weight excluding hydrogens is 276 g/mol. The molecule has 0 radical (unpaired) electrons. The van der Waals surface area contributed by atoms with Crippen LogP contribution in [0.3, 0.4) is 0 Å². The van der Waals surface area contributed by atoms with E-state index in [0.29, 0.717) is 6.42 Å². The number of benzene rings is 1. The number of aryl methyl sites for hydroxylation is 2. The van der Waals surface area contributed by atoms with Crippen molar-refractivity contribution in [3.63, 3.8) is 0 Å². The van der Waals surface area contributed by atoms with Gasteiger partial charge >= 0.3 is 0 Å². The largest absolute Gasteiger partial charge is 0.383 e.